The van der Waals surface area contributed by atoms with Gasteiger partial charge in [0.2, 0.25) is 5.91 Å². The molecule has 1 N–H and O–H groups in total. The van der Waals surface area contributed by atoms with Gasteiger partial charge in [0.25, 0.3) is 0 Å². The predicted octanol–water partition coefficient (Wildman–Crippen LogP) is 4.33. The number of aromatic nitrogens is 3. The molecule has 3 rings (SSSR count). The molecule has 0 unspecified atom stereocenters. The lowest BCUT2D eigenvalue weighted by Crippen LogP contribution is -2.24. The number of ether oxygens (including phenoxy) is 3. The maximum atomic E-state index is 13.9. The maximum absolute atomic E-state index is 13.9. The van der Waals surface area contributed by atoms with Crippen molar-refractivity contribution in [3.63, 3.8) is 0 Å². The van der Waals surface area contributed by atoms with Gasteiger partial charge in [0, 0.05) is 7.11 Å². The average molecular weight is 475 g/mol. The summed E-state index contributed by atoms with van der Waals surface area (Å²) in [6.07, 6.45) is 0. The summed E-state index contributed by atoms with van der Waals surface area (Å²) in [5, 5.41) is 11.4. The second-order valence-electron chi connectivity index (χ2n) is 7.24. The van der Waals surface area contributed by atoms with Crippen molar-refractivity contribution in [1.29, 1.82) is 0 Å². The quantitative estimate of drug-likeness (QED) is 0.414. The van der Waals surface area contributed by atoms with Gasteiger partial charge in [-0.15, -0.1) is 10.2 Å². The van der Waals surface area contributed by atoms with E-state index in [-0.39, 0.29) is 24.3 Å². The average Bonchev–Trinajstić information content (AvgIpc) is 3.21. The molecule has 10 heteroatoms. The highest BCUT2D eigenvalue weighted by molar-refractivity contribution is 8.00. The van der Waals surface area contributed by atoms with Crippen LogP contribution in [0, 0.1) is 5.82 Å². The lowest BCUT2D eigenvalue weighted by atomic mass is 10.3. The van der Waals surface area contributed by atoms with E-state index in [4.69, 9.17) is 14.2 Å². The molecule has 0 saturated carbocycles. The van der Waals surface area contributed by atoms with Crippen LogP contribution in [0.3, 0.4) is 0 Å². The Bertz CT molecular complexity index is 1080. The summed E-state index contributed by atoms with van der Waals surface area (Å²) in [4.78, 5) is 12.8. The molecule has 0 radical (unpaired) electrons. The van der Waals surface area contributed by atoms with Gasteiger partial charge in [0.05, 0.1) is 30.7 Å². The SMILES string of the molecule is COC[C@H](C)n1c(COc2ccccc2F)nnc1S[C@H](C)C(=O)Nc1ccccc1OC. The Morgan fingerprint density at radius 1 is 1.09 bits per heavy atom. The van der Waals surface area contributed by atoms with E-state index in [2.05, 4.69) is 15.5 Å². The number of nitrogens with zero attached hydrogens (tertiary/aromatic N) is 3. The molecule has 0 spiro atoms. The summed E-state index contributed by atoms with van der Waals surface area (Å²) < 4.78 is 32.0. The molecule has 2 aromatic carbocycles. The van der Waals surface area contributed by atoms with E-state index < -0.39 is 11.1 Å². The number of methoxy groups -OCH3 is 2. The fourth-order valence-electron chi connectivity index (χ4n) is 3.14. The van der Waals surface area contributed by atoms with E-state index in [1.54, 1.807) is 51.5 Å². The highest BCUT2D eigenvalue weighted by Crippen LogP contribution is 2.29. The largest absolute Gasteiger partial charge is 0.495 e. The van der Waals surface area contributed by atoms with Gasteiger partial charge >= 0.3 is 0 Å². The number of para-hydroxylation sites is 3. The van der Waals surface area contributed by atoms with Crippen LogP contribution in [0.2, 0.25) is 0 Å². The van der Waals surface area contributed by atoms with Gasteiger partial charge in [-0.3, -0.25) is 9.36 Å². The number of amides is 1. The lowest BCUT2D eigenvalue weighted by molar-refractivity contribution is -0.115. The minimum atomic E-state index is -0.479. The molecule has 0 saturated heterocycles. The normalized spacial score (nSPS) is 12.8. The fourth-order valence-corrected chi connectivity index (χ4v) is 4.11. The number of benzene rings is 2. The van der Waals surface area contributed by atoms with Gasteiger partial charge in [-0.25, -0.2) is 4.39 Å². The summed E-state index contributed by atoms with van der Waals surface area (Å²) in [5.41, 5.74) is 0.589. The number of thioether (sulfide) groups is 1. The topological polar surface area (TPSA) is 87.5 Å². The van der Waals surface area contributed by atoms with Crippen LogP contribution in [-0.2, 0) is 16.1 Å². The van der Waals surface area contributed by atoms with E-state index in [0.717, 1.165) is 0 Å². The number of hydrogen-bond acceptors (Lipinski definition) is 7. The molecular weight excluding hydrogens is 447 g/mol. The lowest BCUT2D eigenvalue weighted by Gasteiger charge is -2.19. The molecule has 1 amide bonds. The molecule has 176 valence electrons. The molecule has 0 aliphatic carbocycles. The molecule has 0 bridgehead atoms. The minimum Gasteiger partial charge on any atom is -0.495 e. The Balaban J connectivity index is 1.75. The second-order valence-corrected chi connectivity index (χ2v) is 8.55. The van der Waals surface area contributed by atoms with Gasteiger partial charge < -0.3 is 19.5 Å². The predicted molar refractivity (Wildman–Crippen MR) is 124 cm³/mol. The van der Waals surface area contributed by atoms with E-state index >= 15 is 0 Å². The first-order valence-corrected chi connectivity index (χ1v) is 11.2. The van der Waals surface area contributed by atoms with Crippen molar-refractivity contribution in [1.82, 2.24) is 14.8 Å². The Hall–Kier alpha value is -3.11. The van der Waals surface area contributed by atoms with Crippen LogP contribution in [0.5, 0.6) is 11.5 Å². The zero-order valence-corrected chi connectivity index (χ0v) is 19.8. The monoisotopic (exact) mass is 474 g/mol. The first-order chi connectivity index (χ1) is 15.9. The Morgan fingerprint density at radius 2 is 1.79 bits per heavy atom. The number of hydrogen-bond donors (Lipinski definition) is 1. The van der Waals surface area contributed by atoms with E-state index in [1.165, 1.54) is 17.8 Å². The van der Waals surface area contributed by atoms with Crippen LogP contribution in [0.25, 0.3) is 0 Å². The Kier molecular flexibility index (Phi) is 8.67. The summed E-state index contributed by atoms with van der Waals surface area (Å²) in [7, 11) is 3.15. The molecule has 0 aliphatic rings. The second kappa shape index (κ2) is 11.7. The minimum absolute atomic E-state index is 0.0182. The van der Waals surface area contributed by atoms with Crippen LogP contribution in [0.15, 0.2) is 53.7 Å². The van der Waals surface area contributed by atoms with Crippen LogP contribution in [-0.4, -0.2) is 46.7 Å². The van der Waals surface area contributed by atoms with Gasteiger partial charge in [0.1, 0.15) is 12.4 Å². The highest BCUT2D eigenvalue weighted by atomic mass is 32.2. The summed E-state index contributed by atoms with van der Waals surface area (Å²) in [6.45, 7) is 4.15. The molecule has 8 nitrogen and oxygen atoms in total. The van der Waals surface area contributed by atoms with Gasteiger partial charge in [-0.2, -0.15) is 0 Å². The number of carbonyl (C=O) groups excluding carboxylic acids is 1. The molecule has 1 aromatic heterocycles. The molecule has 1 heterocycles. The Labute approximate surface area is 196 Å². The van der Waals surface area contributed by atoms with E-state index in [1.807, 2.05) is 23.6 Å². The number of halogens is 1. The smallest absolute Gasteiger partial charge is 0.237 e. The van der Waals surface area contributed by atoms with Gasteiger partial charge in [0.15, 0.2) is 22.5 Å². The van der Waals surface area contributed by atoms with Crippen molar-refractivity contribution in [3.05, 3.63) is 60.2 Å². The van der Waals surface area contributed by atoms with Crippen LogP contribution < -0.4 is 14.8 Å². The highest BCUT2D eigenvalue weighted by Gasteiger charge is 2.24. The van der Waals surface area contributed by atoms with Crippen molar-refractivity contribution in [3.8, 4) is 11.5 Å². The first kappa shape index (κ1) is 24.5. The number of anilines is 1. The van der Waals surface area contributed by atoms with E-state index in [9.17, 15) is 9.18 Å². The summed E-state index contributed by atoms with van der Waals surface area (Å²) in [5.74, 6) is 0.549. The standard InChI is InChI=1S/C23H27FN4O4S/c1-15(13-30-3)28-21(14-32-19-11-7-5-9-17(19)24)26-27-23(28)33-16(2)22(29)25-18-10-6-8-12-20(18)31-4/h5-12,15-16H,13-14H2,1-4H3,(H,25,29)/t15-,16+/m0/s1. The van der Waals surface area contributed by atoms with Crippen LogP contribution in [0.4, 0.5) is 10.1 Å². The zero-order chi connectivity index (χ0) is 23.8. The molecule has 2 atom stereocenters. The third-order valence-corrected chi connectivity index (χ3v) is 5.85. The zero-order valence-electron chi connectivity index (χ0n) is 18.9. The molecular formula is C23H27FN4O4S. The summed E-state index contributed by atoms with van der Waals surface area (Å²) >= 11 is 1.26. The van der Waals surface area contributed by atoms with Gasteiger partial charge in [-0.05, 0) is 38.1 Å². The third-order valence-electron chi connectivity index (χ3n) is 4.79. The fraction of sp³-hybridized carbons (Fsp3) is 0.348. The summed E-state index contributed by atoms with van der Waals surface area (Å²) in [6, 6.07) is 13.2. The number of carbonyl (C=O) groups is 1. The van der Waals surface area contributed by atoms with E-state index in [0.29, 0.717) is 29.0 Å². The Morgan fingerprint density at radius 3 is 2.48 bits per heavy atom. The van der Waals surface area contributed by atoms with Crippen molar-refractivity contribution in [2.75, 3.05) is 26.1 Å². The van der Waals surface area contributed by atoms with Crippen molar-refractivity contribution >= 4 is 23.4 Å². The number of rotatable bonds is 11. The van der Waals surface area contributed by atoms with Crippen molar-refractivity contribution in [2.24, 2.45) is 0 Å². The third kappa shape index (κ3) is 6.23. The first-order valence-electron chi connectivity index (χ1n) is 10.3. The number of nitrogens with one attached hydrogen (secondary N) is 1. The molecule has 0 aliphatic heterocycles. The van der Waals surface area contributed by atoms with Gasteiger partial charge in [-0.1, -0.05) is 36.0 Å². The molecule has 3 aromatic rings. The maximum Gasteiger partial charge on any atom is 0.237 e. The molecule has 0 fully saturated rings. The van der Waals surface area contributed by atoms with Crippen molar-refractivity contribution in [2.45, 2.75) is 36.9 Å². The molecule has 33 heavy (non-hydrogen) atoms. The van der Waals surface area contributed by atoms with Crippen LogP contribution >= 0.6 is 11.8 Å². The van der Waals surface area contributed by atoms with Crippen LogP contribution in [0.1, 0.15) is 25.7 Å². The van der Waals surface area contributed by atoms with Crippen molar-refractivity contribution < 1.29 is 23.4 Å².